The molecule has 4 aromatic rings. The van der Waals surface area contributed by atoms with Crippen LogP contribution in [0.1, 0.15) is 25.7 Å². The van der Waals surface area contributed by atoms with Gasteiger partial charge < -0.3 is 20.1 Å². The first-order valence-corrected chi connectivity index (χ1v) is 9.93. The van der Waals surface area contributed by atoms with Crippen molar-refractivity contribution in [2.24, 2.45) is 0 Å². The number of rotatable bonds is 6. The normalized spacial score (nSPS) is 19.8. The van der Waals surface area contributed by atoms with Gasteiger partial charge in [-0.25, -0.2) is 14.5 Å². The third kappa shape index (κ3) is 3.66. The number of nitrogens with zero attached hydrogens (tertiary/aromatic N) is 5. The van der Waals surface area contributed by atoms with Gasteiger partial charge in [0, 0.05) is 41.1 Å². The number of hydrogen-bond acceptors (Lipinski definition) is 7. The van der Waals surface area contributed by atoms with Crippen LogP contribution >= 0.6 is 0 Å². The first-order valence-electron chi connectivity index (χ1n) is 9.93. The number of hydrogen-bond donors (Lipinski definition) is 3. The molecule has 29 heavy (non-hydrogen) atoms. The molecule has 0 spiro atoms. The Hall–Kier alpha value is -3.04. The van der Waals surface area contributed by atoms with Gasteiger partial charge in [-0.05, 0) is 37.8 Å². The SMILES string of the molecule is OCCO[C@H]1CC[C@H](Nc2ncc3c(-c4ccc5ncnn5c4)c[nH]c3n2)CC1. The van der Waals surface area contributed by atoms with Crippen molar-refractivity contribution >= 4 is 22.6 Å². The molecule has 9 heteroatoms. The number of ether oxygens (including phenoxy) is 1. The molecule has 1 aliphatic rings. The minimum absolute atomic E-state index is 0.0802. The van der Waals surface area contributed by atoms with E-state index in [9.17, 15) is 0 Å². The van der Waals surface area contributed by atoms with Gasteiger partial charge in [0.2, 0.25) is 5.95 Å². The van der Waals surface area contributed by atoms with Crippen LogP contribution in [-0.4, -0.2) is 60.0 Å². The van der Waals surface area contributed by atoms with Crippen molar-refractivity contribution in [2.75, 3.05) is 18.5 Å². The highest BCUT2D eigenvalue weighted by Crippen LogP contribution is 2.28. The second-order valence-electron chi connectivity index (χ2n) is 7.35. The highest BCUT2D eigenvalue weighted by Gasteiger charge is 2.22. The Morgan fingerprint density at radius 2 is 2.10 bits per heavy atom. The van der Waals surface area contributed by atoms with E-state index < -0.39 is 0 Å². The van der Waals surface area contributed by atoms with Gasteiger partial charge in [-0.3, -0.25) is 0 Å². The molecule has 3 N–H and O–H groups in total. The van der Waals surface area contributed by atoms with E-state index in [2.05, 4.69) is 30.4 Å². The summed E-state index contributed by atoms with van der Waals surface area (Å²) in [7, 11) is 0. The summed E-state index contributed by atoms with van der Waals surface area (Å²) in [5.41, 5.74) is 3.68. The summed E-state index contributed by atoms with van der Waals surface area (Å²) in [6, 6.07) is 4.31. The minimum Gasteiger partial charge on any atom is -0.394 e. The molecule has 4 aromatic heterocycles. The zero-order chi connectivity index (χ0) is 19.6. The van der Waals surface area contributed by atoms with E-state index in [4.69, 9.17) is 9.84 Å². The van der Waals surface area contributed by atoms with E-state index in [0.29, 0.717) is 18.6 Å². The molecular formula is C20H23N7O2. The summed E-state index contributed by atoms with van der Waals surface area (Å²) in [5, 5.41) is 17.5. The summed E-state index contributed by atoms with van der Waals surface area (Å²) < 4.78 is 7.39. The van der Waals surface area contributed by atoms with Gasteiger partial charge in [-0.15, -0.1) is 0 Å². The van der Waals surface area contributed by atoms with Crippen LogP contribution in [0.15, 0.2) is 37.1 Å². The van der Waals surface area contributed by atoms with Crippen molar-refractivity contribution in [2.45, 2.75) is 37.8 Å². The predicted octanol–water partition coefficient (Wildman–Crippen LogP) is 2.40. The van der Waals surface area contributed by atoms with Crippen molar-refractivity contribution in [1.82, 2.24) is 29.5 Å². The second kappa shape index (κ2) is 7.76. The number of pyridine rings is 1. The highest BCUT2D eigenvalue weighted by atomic mass is 16.5. The number of fused-ring (bicyclic) bond motifs is 2. The molecule has 0 amide bonds. The zero-order valence-electron chi connectivity index (χ0n) is 16.0. The maximum atomic E-state index is 8.88. The van der Waals surface area contributed by atoms with E-state index in [1.54, 1.807) is 10.8 Å². The molecule has 0 unspecified atom stereocenters. The molecule has 0 atom stereocenters. The Morgan fingerprint density at radius 3 is 2.97 bits per heavy atom. The number of nitrogens with one attached hydrogen (secondary N) is 2. The van der Waals surface area contributed by atoms with E-state index in [1.165, 1.54) is 0 Å². The van der Waals surface area contributed by atoms with Gasteiger partial charge in [-0.1, -0.05) is 0 Å². The van der Waals surface area contributed by atoms with E-state index in [1.807, 2.05) is 30.7 Å². The van der Waals surface area contributed by atoms with Crippen LogP contribution in [0.5, 0.6) is 0 Å². The van der Waals surface area contributed by atoms with Crippen molar-refractivity contribution in [3.63, 3.8) is 0 Å². The maximum absolute atomic E-state index is 8.88. The number of aromatic nitrogens is 6. The fourth-order valence-corrected chi connectivity index (χ4v) is 3.97. The fourth-order valence-electron chi connectivity index (χ4n) is 3.97. The molecule has 9 nitrogen and oxygen atoms in total. The minimum atomic E-state index is 0.0802. The van der Waals surface area contributed by atoms with Gasteiger partial charge in [0.25, 0.3) is 0 Å². The fraction of sp³-hybridized carbons (Fsp3) is 0.400. The van der Waals surface area contributed by atoms with E-state index >= 15 is 0 Å². The van der Waals surface area contributed by atoms with Gasteiger partial charge in [0.15, 0.2) is 5.65 Å². The van der Waals surface area contributed by atoms with Crippen LogP contribution < -0.4 is 5.32 Å². The average molecular weight is 393 g/mol. The molecule has 150 valence electrons. The van der Waals surface area contributed by atoms with Crippen LogP contribution in [0, 0.1) is 0 Å². The molecule has 0 aromatic carbocycles. The third-order valence-electron chi connectivity index (χ3n) is 5.47. The lowest BCUT2D eigenvalue weighted by molar-refractivity contribution is 0.00719. The van der Waals surface area contributed by atoms with Crippen LogP contribution in [0.2, 0.25) is 0 Å². The Bertz CT molecular complexity index is 1110. The summed E-state index contributed by atoms with van der Waals surface area (Å²) >= 11 is 0. The Balaban J connectivity index is 1.30. The monoisotopic (exact) mass is 393 g/mol. The number of H-pyrrole nitrogens is 1. The van der Waals surface area contributed by atoms with Crippen LogP contribution in [0.3, 0.4) is 0 Å². The van der Waals surface area contributed by atoms with Crippen LogP contribution in [0.4, 0.5) is 5.95 Å². The lowest BCUT2D eigenvalue weighted by Crippen LogP contribution is -2.30. The molecule has 4 heterocycles. The quantitative estimate of drug-likeness (QED) is 0.461. The van der Waals surface area contributed by atoms with E-state index in [-0.39, 0.29) is 12.7 Å². The third-order valence-corrected chi connectivity index (χ3v) is 5.47. The lowest BCUT2D eigenvalue weighted by atomic mass is 9.93. The van der Waals surface area contributed by atoms with Crippen LogP contribution in [0.25, 0.3) is 27.8 Å². The Labute approximate surface area is 167 Å². The molecule has 1 aliphatic carbocycles. The lowest BCUT2D eigenvalue weighted by Gasteiger charge is -2.28. The summed E-state index contributed by atoms with van der Waals surface area (Å²) in [5.74, 6) is 0.636. The number of aliphatic hydroxyl groups excluding tert-OH is 1. The smallest absolute Gasteiger partial charge is 0.224 e. The topological polar surface area (TPSA) is 113 Å². The Kier molecular flexibility index (Phi) is 4.82. The molecule has 1 saturated carbocycles. The van der Waals surface area contributed by atoms with Gasteiger partial charge in [-0.2, -0.15) is 10.1 Å². The molecule has 0 radical (unpaired) electrons. The molecule has 0 saturated heterocycles. The van der Waals surface area contributed by atoms with Gasteiger partial charge in [0.1, 0.15) is 12.0 Å². The van der Waals surface area contributed by atoms with Crippen molar-refractivity contribution in [3.05, 3.63) is 37.1 Å². The van der Waals surface area contributed by atoms with Crippen molar-refractivity contribution < 1.29 is 9.84 Å². The first kappa shape index (κ1) is 18.0. The predicted molar refractivity (Wildman–Crippen MR) is 109 cm³/mol. The molecule has 0 aliphatic heterocycles. The number of aromatic amines is 1. The maximum Gasteiger partial charge on any atom is 0.224 e. The largest absolute Gasteiger partial charge is 0.394 e. The van der Waals surface area contributed by atoms with Crippen LogP contribution in [-0.2, 0) is 4.74 Å². The summed E-state index contributed by atoms with van der Waals surface area (Å²) in [6.07, 6.45) is 11.5. The molecule has 0 bridgehead atoms. The van der Waals surface area contributed by atoms with Gasteiger partial charge >= 0.3 is 0 Å². The van der Waals surface area contributed by atoms with Crippen molar-refractivity contribution in [1.29, 1.82) is 0 Å². The molecule has 1 fully saturated rings. The van der Waals surface area contributed by atoms with Crippen molar-refractivity contribution in [3.8, 4) is 11.1 Å². The summed E-state index contributed by atoms with van der Waals surface area (Å²) in [4.78, 5) is 16.6. The van der Waals surface area contributed by atoms with E-state index in [0.717, 1.165) is 53.5 Å². The second-order valence-corrected chi connectivity index (χ2v) is 7.35. The highest BCUT2D eigenvalue weighted by molar-refractivity contribution is 5.93. The summed E-state index contributed by atoms with van der Waals surface area (Å²) in [6.45, 7) is 0.498. The first-order chi connectivity index (χ1) is 14.3. The Morgan fingerprint density at radius 1 is 1.21 bits per heavy atom. The molecular weight excluding hydrogens is 370 g/mol. The van der Waals surface area contributed by atoms with Gasteiger partial charge in [0.05, 0.1) is 19.3 Å². The zero-order valence-corrected chi connectivity index (χ0v) is 16.0. The number of aliphatic hydroxyl groups is 1. The average Bonchev–Trinajstić information content (AvgIpc) is 3.39. The standard InChI is InChI=1S/C20H23N7O2/c28-7-8-29-15-4-2-14(3-5-15)25-20-22-10-17-16(9-21-19(17)26-20)13-1-6-18-23-12-24-27(18)11-13/h1,6,9-12,14-15,28H,2-5,7-8H2,(H2,21,22,25,26)/t14-,15-. The number of anilines is 1. The molecule has 5 rings (SSSR count).